The van der Waals surface area contributed by atoms with Gasteiger partial charge in [0.15, 0.2) is 18.1 Å². The number of nitrogens with two attached hydrogens (primary N) is 1. The number of amides is 1. The third kappa shape index (κ3) is 6.82. The van der Waals surface area contributed by atoms with Crippen molar-refractivity contribution in [3.63, 3.8) is 0 Å². The maximum absolute atomic E-state index is 10.8. The normalized spacial score (nSPS) is 10.0. The minimum atomic E-state index is -0.556. The number of ether oxygens (including phenoxy) is 2. The summed E-state index contributed by atoms with van der Waals surface area (Å²) in [5, 5.41) is 3.90. The van der Waals surface area contributed by atoms with Crippen molar-refractivity contribution in [2.24, 2.45) is 5.73 Å². The first kappa shape index (κ1) is 21.1. The number of primary amides is 1. The molecule has 2 aromatic carbocycles. The fourth-order valence-corrected chi connectivity index (χ4v) is 2.45. The van der Waals surface area contributed by atoms with Gasteiger partial charge < -0.3 is 20.5 Å². The van der Waals surface area contributed by atoms with Crippen molar-refractivity contribution in [3.8, 4) is 11.5 Å². The van der Waals surface area contributed by atoms with Gasteiger partial charge in [-0.05, 0) is 30.2 Å². The van der Waals surface area contributed by atoms with E-state index in [9.17, 15) is 4.79 Å². The van der Waals surface area contributed by atoms with E-state index in [2.05, 4.69) is 17.4 Å². The lowest BCUT2D eigenvalue weighted by Crippen LogP contribution is -2.20. The second-order valence-corrected chi connectivity index (χ2v) is 5.67. The molecule has 5 nitrogen and oxygen atoms in total. The van der Waals surface area contributed by atoms with Gasteiger partial charge in [-0.15, -0.1) is 12.4 Å². The molecular weight excluding hydrogens is 363 g/mol. The van der Waals surface area contributed by atoms with Crippen molar-refractivity contribution < 1.29 is 14.3 Å². The average Bonchev–Trinajstić information content (AvgIpc) is 2.59. The van der Waals surface area contributed by atoms with E-state index < -0.39 is 5.91 Å². The number of hydrogen-bond donors (Lipinski definition) is 2. The zero-order valence-electron chi connectivity index (χ0n) is 14.0. The maximum atomic E-state index is 10.8. The first-order valence-corrected chi connectivity index (χ1v) is 8.00. The quantitative estimate of drug-likeness (QED) is 0.651. The predicted molar refractivity (Wildman–Crippen MR) is 102 cm³/mol. The molecule has 2 rings (SSSR count). The van der Waals surface area contributed by atoms with Crippen molar-refractivity contribution in [3.05, 3.63) is 58.6 Å². The molecule has 0 aliphatic carbocycles. The van der Waals surface area contributed by atoms with Gasteiger partial charge in [-0.3, -0.25) is 4.79 Å². The molecule has 0 saturated carbocycles. The van der Waals surface area contributed by atoms with Crippen molar-refractivity contribution in [1.82, 2.24) is 5.32 Å². The Hall–Kier alpha value is -1.95. The third-order valence-corrected chi connectivity index (χ3v) is 3.80. The van der Waals surface area contributed by atoms with Crippen molar-refractivity contribution in [1.29, 1.82) is 0 Å². The van der Waals surface area contributed by atoms with E-state index >= 15 is 0 Å². The van der Waals surface area contributed by atoms with Crippen LogP contribution in [0.2, 0.25) is 5.02 Å². The molecule has 0 heterocycles. The zero-order chi connectivity index (χ0) is 17.4. The highest BCUT2D eigenvalue weighted by Gasteiger charge is 2.11. The second-order valence-electron chi connectivity index (χ2n) is 5.26. The molecule has 0 aromatic heterocycles. The molecule has 1 amide bonds. The van der Waals surface area contributed by atoms with Crippen LogP contribution in [0.3, 0.4) is 0 Å². The van der Waals surface area contributed by atoms with Crippen molar-refractivity contribution in [2.45, 2.75) is 13.0 Å². The van der Waals surface area contributed by atoms with E-state index in [0.29, 0.717) is 23.1 Å². The third-order valence-electron chi connectivity index (χ3n) is 3.45. The van der Waals surface area contributed by atoms with E-state index in [4.69, 9.17) is 26.8 Å². The standard InChI is InChI=1S/C18H21ClN2O3.ClH/c1-23-16-9-14(15(19)10-17(16)24-12-18(20)22)11-21-8-7-13-5-3-2-4-6-13;/h2-6,9-10,21H,7-8,11-12H2,1H3,(H2,20,22);1H. The molecule has 0 unspecified atom stereocenters. The molecule has 0 atom stereocenters. The van der Waals surface area contributed by atoms with Gasteiger partial charge in [0.1, 0.15) is 0 Å². The lowest BCUT2D eigenvalue weighted by atomic mass is 10.1. The summed E-state index contributed by atoms with van der Waals surface area (Å²) >= 11 is 6.28. The topological polar surface area (TPSA) is 73.6 Å². The molecular formula is C18H22Cl2N2O3. The molecule has 25 heavy (non-hydrogen) atoms. The number of halogens is 2. The lowest BCUT2D eigenvalue weighted by Gasteiger charge is -2.13. The van der Waals surface area contributed by atoms with E-state index in [-0.39, 0.29) is 19.0 Å². The monoisotopic (exact) mass is 384 g/mol. The highest BCUT2D eigenvalue weighted by atomic mass is 35.5. The number of hydrogen-bond acceptors (Lipinski definition) is 4. The van der Waals surface area contributed by atoms with Crippen LogP contribution in [0.25, 0.3) is 0 Å². The largest absolute Gasteiger partial charge is 0.493 e. The van der Waals surface area contributed by atoms with Gasteiger partial charge in [0.25, 0.3) is 5.91 Å². The Kier molecular flexibility index (Phi) is 9.13. The molecule has 136 valence electrons. The summed E-state index contributed by atoms with van der Waals surface area (Å²) in [6, 6.07) is 13.7. The van der Waals surface area contributed by atoms with E-state index in [0.717, 1.165) is 18.5 Å². The van der Waals surface area contributed by atoms with Crippen LogP contribution in [0.5, 0.6) is 11.5 Å². The molecule has 7 heteroatoms. The first-order valence-electron chi connectivity index (χ1n) is 7.62. The molecule has 0 aliphatic rings. The fraction of sp³-hybridized carbons (Fsp3) is 0.278. The average molecular weight is 385 g/mol. The summed E-state index contributed by atoms with van der Waals surface area (Å²) in [7, 11) is 1.53. The Morgan fingerprint density at radius 1 is 1.20 bits per heavy atom. The molecule has 0 spiro atoms. The number of methoxy groups -OCH3 is 1. The van der Waals surface area contributed by atoms with Crippen LogP contribution in [-0.4, -0.2) is 26.2 Å². The number of carbonyl (C=O) groups is 1. The van der Waals surface area contributed by atoms with E-state index in [1.807, 2.05) is 18.2 Å². The highest BCUT2D eigenvalue weighted by molar-refractivity contribution is 6.31. The Balaban J connectivity index is 0.00000312. The molecule has 2 aromatic rings. The summed E-state index contributed by atoms with van der Waals surface area (Å²) in [5.74, 6) is 0.356. The van der Waals surface area contributed by atoms with Gasteiger partial charge in [-0.25, -0.2) is 0 Å². The van der Waals surface area contributed by atoms with Crippen molar-refractivity contribution in [2.75, 3.05) is 20.3 Å². The molecule has 0 fully saturated rings. The molecule has 0 aliphatic heterocycles. The van der Waals surface area contributed by atoms with Gasteiger partial charge in [0, 0.05) is 17.6 Å². The number of benzene rings is 2. The minimum absolute atomic E-state index is 0. The van der Waals surface area contributed by atoms with E-state index in [1.165, 1.54) is 12.7 Å². The Morgan fingerprint density at radius 3 is 2.56 bits per heavy atom. The van der Waals surface area contributed by atoms with Gasteiger partial charge in [0.2, 0.25) is 0 Å². The van der Waals surface area contributed by atoms with Crippen LogP contribution in [0, 0.1) is 0 Å². The van der Waals surface area contributed by atoms with Gasteiger partial charge >= 0.3 is 0 Å². The molecule has 3 N–H and O–H groups in total. The summed E-state index contributed by atoms with van der Waals surface area (Å²) in [5.41, 5.74) is 7.26. The predicted octanol–water partition coefficient (Wildman–Crippen LogP) is 2.97. The Bertz CT molecular complexity index is 682. The number of rotatable bonds is 9. The van der Waals surface area contributed by atoms with E-state index in [1.54, 1.807) is 12.1 Å². The molecule has 0 saturated heterocycles. The van der Waals surface area contributed by atoms with Crippen LogP contribution in [0.4, 0.5) is 0 Å². The Labute approximate surface area is 158 Å². The Morgan fingerprint density at radius 2 is 1.92 bits per heavy atom. The minimum Gasteiger partial charge on any atom is -0.493 e. The van der Waals surface area contributed by atoms with Crippen LogP contribution in [0.15, 0.2) is 42.5 Å². The fourth-order valence-electron chi connectivity index (χ4n) is 2.23. The van der Waals surface area contributed by atoms with Crippen LogP contribution < -0.4 is 20.5 Å². The zero-order valence-corrected chi connectivity index (χ0v) is 15.5. The SMILES string of the molecule is COc1cc(CNCCc2ccccc2)c(Cl)cc1OCC(N)=O.Cl. The summed E-state index contributed by atoms with van der Waals surface area (Å²) in [6.45, 7) is 1.22. The van der Waals surface area contributed by atoms with Gasteiger partial charge in [-0.1, -0.05) is 41.9 Å². The second kappa shape index (κ2) is 10.8. The lowest BCUT2D eigenvalue weighted by molar-refractivity contribution is -0.119. The van der Waals surface area contributed by atoms with Gasteiger partial charge in [0.05, 0.1) is 7.11 Å². The van der Waals surface area contributed by atoms with Crippen LogP contribution in [-0.2, 0) is 17.8 Å². The smallest absolute Gasteiger partial charge is 0.255 e. The van der Waals surface area contributed by atoms with Crippen LogP contribution in [0.1, 0.15) is 11.1 Å². The van der Waals surface area contributed by atoms with Crippen LogP contribution >= 0.6 is 24.0 Å². The summed E-state index contributed by atoms with van der Waals surface area (Å²) < 4.78 is 10.6. The highest BCUT2D eigenvalue weighted by Crippen LogP contribution is 2.33. The number of carbonyl (C=O) groups excluding carboxylic acids is 1. The maximum Gasteiger partial charge on any atom is 0.255 e. The summed E-state index contributed by atoms with van der Waals surface area (Å²) in [6.07, 6.45) is 0.940. The summed E-state index contributed by atoms with van der Waals surface area (Å²) in [4.78, 5) is 10.8. The van der Waals surface area contributed by atoms with Crippen molar-refractivity contribution >= 4 is 29.9 Å². The first-order chi connectivity index (χ1) is 11.6. The molecule has 0 radical (unpaired) electrons. The van der Waals surface area contributed by atoms with Gasteiger partial charge in [-0.2, -0.15) is 0 Å². The number of nitrogens with one attached hydrogen (secondary N) is 1. The molecule has 0 bridgehead atoms.